The normalized spacial score (nSPS) is 13.8. The molecule has 2 N–H and O–H groups in total. The quantitative estimate of drug-likeness (QED) is 0.524. The minimum Gasteiger partial charge on any atom is -0.387 e. The molecule has 29 heavy (non-hydrogen) atoms. The second-order valence-electron chi connectivity index (χ2n) is 6.45. The number of nitrogens with zero attached hydrogens (tertiary/aromatic N) is 1. The minimum absolute atomic E-state index is 0.135. The summed E-state index contributed by atoms with van der Waals surface area (Å²) in [4.78, 5) is 5.25. The van der Waals surface area contributed by atoms with E-state index < -0.39 is 35.2 Å². The summed E-state index contributed by atoms with van der Waals surface area (Å²) >= 11 is 1.52. The van der Waals surface area contributed by atoms with Crippen molar-refractivity contribution < 1.29 is 31.4 Å². The van der Waals surface area contributed by atoms with Gasteiger partial charge >= 0.3 is 12.4 Å². The van der Waals surface area contributed by atoms with Gasteiger partial charge in [0.25, 0.3) is 0 Å². The summed E-state index contributed by atoms with van der Waals surface area (Å²) in [6.45, 7) is 2.16. The van der Waals surface area contributed by atoms with Gasteiger partial charge in [-0.25, -0.2) is 4.98 Å². The number of aromatic nitrogens is 1. The second-order valence-corrected chi connectivity index (χ2v) is 7.83. The number of aliphatic hydroxyl groups is 1. The van der Waals surface area contributed by atoms with E-state index in [1.165, 1.54) is 17.4 Å². The molecule has 0 bridgehead atoms. The van der Waals surface area contributed by atoms with Crippen molar-refractivity contribution in [1.82, 2.24) is 10.3 Å². The van der Waals surface area contributed by atoms with E-state index in [0.29, 0.717) is 18.7 Å². The predicted octanol–water partition coefficient (Wildman–Crippen LogP) is 5.47. The van der Waals surface area contributed by atoms with Crippen LogP contribution in [0.4, 0.5) is 26.3 Å². The Labute approximate surface area is 166 Å². The molecule has 0 radical (unpaired) electrons. The molecule has 1 aromatic carbocycles. The largest absolute Gasteiger partial charge is 0.433 e. The van der Waals surface area contributed by atoms with E-state index in [1.54, 1.807) is 0 Å². The van der Waals surface area contributed by atoms with Crippen LogP contribution in [0.3, 0.4) is 0 Å². The maximum absolute atomic E-state index is 13.3. The van der Waals surface area contributed by atoms with Gasteiger partial charge < -0.3 is 10.4 Å². The summed E-state index contributed by atoms with van der Waals surface area (Å²) in [6, 6.07) is 7.35. The van der Waals surface area contributed by atoms with Crippen LogP contribution in [0.1, 0.15) is 32.7 Å². The van der Waals surface area contributed by atoms with Crippen molar-refractivity contribution in [2.45, 2.75) is 31.9 Å². The number of hydrogen-bond acceptors (Lipinski definition) is 4. The van der Waals surface area contributed by atoms with E-state index in [9.17, 15) is 31.4 Å². The first-order valence-corrected chi connectivity index (χ1v) is 9.30. The van der Waals surface area contributed by atoms with Gasteiger partial charge in [-0.2, -0.15) is 26.3 Å². The van der Waals surface area contributed by atoms with Crippen LogP contribution in [-0.2, 0) is 18.9 Å². The van der Waals surface area contributed by atoms with Gasteiger partial charge in [0, 0.05) is 28.2 Å². The fraction of sp³-hybridized carbons (Fsp3) is 0.316. The fourth-order valence-electron chi connectivity index (χ4n) is 2.95. The van der Waals surface area contributed by atoms with Crippen molar-refractivity contribution >= 4 is 22.2 Å². The summed E-state index contributed by atoms with van der Waals surface area (Å²) in [5.74, 6) is 0. The Kier molecular flexibility index (Phi) is 5.88. The number of thiophene rings is 1. The molecule has 3 aromatic rings. The molecule has 156 valence electrons. The van der Waals surface area contributed by atoms with Gasteiger partial charge in [0.05, 0.1) is 17.2 Å². The number of pyridine rings is 1. The van der Waals surface area contributed by atoms with Crippen molar-refractivity contribution in [3.05, 3.63) is 63.0 Å². The standard InChI is InChI=1S/C19H16F6N2OS/c1-10-5-6-11(29-10)8-26-9-15(28)13-7-16(19(23,24)25)27-17-12(13)3-2-4-14(17)18(20,21)22/h2-7,15,26,28H,8-9H2,1H3. The average Bonchev–Trinajstić information content (AvgIpc) is 3.03. The van der Waals surface area contributed by atoms with Crippen LogP contribution in [0.5, 0.6) is 0 Å². The smallest absolute Gasteiger partial charge is 0.387 e. The highest BCUT2D eigenvalue weighted by Gasteiger charge is 2.37. The molecule has 0 aliphatic rings. The highest BCUT2D eigenvalue weighted by Crippen LogP contribution is 2.38. The lowest BCUT2D eigenvalue weighted by Gasteiger charge is -2.19. The number of fused-ring (bicyclic) bond motifs is 1. The third-order valence-corrected chi connectivity index (χ3v) is 5.26. The van der Waals surface area contributed by atoms with E-state index in [-0.39, 0.29) is 17.5 Å². The molecule has 0 aliphatic carbocycles. The zero-order chi connectivity index (χ0) is 21.4. The fourth-order valence-corrected chi connectivity index (χ4v) is 3.81. The van der Waals surface area contributed by atoms with Crippen LogP contribution in [0.15, 0.2) is 36.4 Å². The lowest BCUT2D eigenvalue weighted by molar-refractivity contribution is -0.142. The zero-order valence-electron chi connectivity index (χ0n) is 15.0. The number of aliphatic hydroxyl groups excluding tert-OH is 1. The van der Waals surface area contributed by atoms with Gasteiger partial charge in [0.1, 0.15) is 5.69 Å². The number of hydrogen-bond donors (Lipinski definition) is 2. The first-order valence-electron chi connectivity index (χ1n) is 8.49. The lowest BCUT2D eigenvalue weighted by Crippen LogP contribution is -2.22. The third-order valence-electron chi connectivity index (χ3n) is 4.26. The molecule has 0 amide bonds. The molecule has 0 saturated carbocycles. The van der Waals surface area contributed by atoms with E-state index >= 15 is 0 Å². The second kappa shape index (κ2) is 7.92. The Hall–Kier alpha value is -2.17. The van der Waals surface area contributed by atoms with Crippen LogP contribution >= 0.6 is 11.3 Å². The van der Waals surface area contributed by atoms with Crippen molar-refractivity contribution in [2.75, 3.05) is 6.54 Å². The van der Waals surface area contributed by atoms with Gasteiger partial charge in [-0.15, -0.1) is 11.3 Å². The van der Waals surface area contributed by atoms with Crippen LogP contribution in [0, 0.1) is 6.92 Å². The number of halogens is 6. The molecular weight excluding hydrogens is 418 g/mol. The lowest BCUT2D eigenvalue weighted by atomic mass is 9.99. The number of benzene rings is 1. The highest BCUT2D eigenvalue weighted by molar-refractivity contribution is 7.11. The molecule has 0 fully saturated rings. The number of alkyl halides is 6. The summed E-state index contributed by atoms with van der Waals surface area (Å²) in [5.41, 5.74) is -3.86. The summed E-state index contributed by atoms with van der Waals surface area (Å²) in [5, 5.41) is 13.2. The Bertz CT molecular complexity index is 1010. The maximum Gasteiger partial charge on any atom is 0.433 e. The Morgan fingerprint density at radius 3 is 2.38 bits per heavy atom. The molecule has 3 rings (SSSR count). The average molecular weight is 434 g/mol. The number of nitrogens with one attached hydrogen (secondary N) is 1. The Morgan fingerprint density at radius 2 is 1.79 bits per heavy atom. The van der Waals surface area contributed by atoms with E-state index in [4.69, 9.17) is 0 Å². The van der Waals surface area contributed by atoms with Gasteiger partial charge in [-0.05, 0) is 36.8 Å². The molecule has 10 heteroatoms. The van der Waals surface area contributed by atoms with Crippen LogP contribution in [0.25, 0.3) is 10.9 Å². The topological polar surface area (TPSA) is 45.1 Å². The number of rotatable bonds is 5. The van der Waals surface area contributed by atoms with E-state index in [2.05, 4.69) is 10.3 Å². The van der Waals surface area contributed by atoms with E-state index in [0.717, 1.165) is 15.8 Å². The van der Waals surface area contributed by atoms with Crippen molar-refractivity contribution in [2.24, 2.45) is 0 Å². The Morgan fingerprint density at radius 1 is 1.07 bits per heavy atom. The van der Waals surface area contributed by atoms with Gasteiger partial charge in [0.2, 0.25) is 0 Å². The van der Waals surface area contributed by atoms with Crippen LogP contribution in [-0.4, -0.2) is 16.6 Å². The molecule has 2 aromatic heterocycles. The Balaban J connectivity index is 1.98. The molecule has 3 nitrogen and oxygen atoms in total. The van der Waals surface area contributed by atoms with Crippen molar-refractivity contribution in [3.63, 3.8) is 0 Å². The summed E-state index contributed by atoms with van der Waals surface area (Å²) < 4.78 is 79.5. The molecule has 2 heterocycles. The predicted molar refractivity (Wildman–Crippen MR) is 97.5 cm³/mol. The van der Waals surface area contributed by atoms with Crippen LogP contribution in [0.2, 0.25) is 0 Å². The zero-order valence-corrected chi connectivity index (χ0v) is 15.8. The molecule has 1 atom stereocenters. The SMILES string of the molecule is Cc1ccc(CNCC(O)c2cc(C(F)(F)F)nc3c(C(F)(F)F)cccc23)s1. The number of aryl methyl sites for hydroxylation is 1. The maximum atomic E-state index is 13.3. The van der Waals surface area contributed by atoms with Gasteiger partial charge in [-0.1, -0.05) is 12.1 Å². The molecular formula is C19H16F6N2OS. The first-order chi connectivity index (χ1) is 13.5. The highest BCUT2D eigenvalue weighted by atomic mass is 32.1. The summed E-state index contributed by atoms with van der Waals surface area (Å²) in [6.07, 6.45) is -11.3. The van der Waals surface area contributed by atoms with Crippen molar-refractivity contribution in [3.8, 4) is 0 Å². The van der Waals surface area contributed by atoms with Gasteiger partial charge in [0.15, 0.2) is 0 Å². The minimum atomic E-state index is -4.96. The van der Waals surface area contributed by atoms with E-state index in [1.807, 2.05) is 19.1 Å². The molecule has 1 unspecified atom stereocenters. The van der Waals surface area contributed by atoms with Crippen LogP contribution < -0.4 is 5.32 Å². The monoisotopic (exact) mass is 434 g/mol. The number of para-hydroxylation sites is 1. The molecule has 0 spiro atoms. The first kappa shape index (κ1) is 21.5. The molecule has 0 saturated heterocycles. The van der Waals surface area contributed by atoms with Crippen molar-refractivity contribution in [1.29, 1.82) is 0 Å². The molecule has 0 aliphatic heterocycles. The third kappa shape index (κ3) is 4.88. The summed E-state index contributed by atoms with van der Waals surface area (Å²) in [7, 11) is 0. The van der Waals surface area contributed by atoms with Gasteiger partial charge in [-0.3, -0.25) is 0 Å².